The number of aliphatic hydroxyl groups is 1. The molecule has 0 aromatic rings. The first-order valence-corrected chi connectivity index (χ1v) is 4.66. The van der Waals surface area contributed by atoms with E-state index in [2.05, 4.69) is 0 Å². The average molecular weight is 148 g/mol. The van der Waals surface area contributed by atoms with E-state index >= 15 is 0 Å². The molecule has 1 N–H and O–H groups in total. The van der Waals surface area contributed by atoms with Gasteiger partial charge in [0.15, 0.2) is 0 Å². The highest BCUT2D eigenvalue weighted by atomic mass is 32.2. The Labute approximate surface area is 57.7 Å². The van der Waals surface area contributed by atoms with Crippen molar-refractivity contribution < 1.29 is 9.32 Å². The highest BCUT2D eigenvalue weighted by molar-refractivity contribution is 7.85. The molecule has 1 saturated heterocycles. The van der Waals surface area contributed by atoms with Crippen molar-refractivity contribution in [2.75, 3.05) is 11.5 Å². The molecule has 54 valence electrons. The SMILES string of the molecule is C[C@@]1(O)CCCS(=O)C1. The molecule has 1 rings (SSSR count). The van der Waals surface area contributed by atoms with Crippen LogP contribution in [-0.4, -0.2) is 26.4 Å². The molecule has 0 amide bonds. The molecule has 1 aliphatic rings. The minimum Gasteiger partial charge on any atom is -0.389 e. The van der Waals surface area contributed by atoms with E-state index in [4.69, 9.17) is 0 Å². The third-order valence-electron chi connectivity index (χ3n) is 1.56. The number of hydrogen-bond donors (Lipinski definition) is 1. The average Bonchev–Trinajstić information content (AvgIpc) is 1.60. The van der Waals surface area contributed by atoms with Crippen LogP contribution in [0.1, 0.15) is 19.8 Å². The molecule has 1 fully saturated rings. The molecular formula is C6H12O2S. The van der Waals surface area contributed by atoms with Gasteiger partial charge in [0.2, 0.25) is 0 Å². The lowest BCUT2D eigenvalue weighted by Gasteiger charge is -2.26. The van der Waals surface area contributed by atoms with E-state index in [0.717, 1.165) is 18.6 Å². The lowest BCUT2D eigenvalue weighted by Crippen LogP contribution is -2.36. The summed E-state index contributed by atoms with van der Waals surface area (Å²) in [7, 11) is -0.760. The summed E-state index contributed by atoms with van der Waals surface area (Å²) in [6, 6.07) is 0. The van der Waals surface area contributed by atoms with Crippen molar-refractivity contribution in [2.24, 2.45) is 0 Å². The Hall–Kier alpha value is 0.110. The van der Waals surface area contributed by atoms with Gasteiger partial charge in [-0.25, -0.2) is 0 Å². The Bertz CT molecular complexity index is 131. The van der Waals surface area contributed by atoms with Crippen molar-refractivity contribution in [3.8, 4) is 0 Å². The van der Waals surface area contributed by atoms with E-state index in [1.165, 1.54) is 0 Å². The maximum Gasteiger partial charge on any atom is 0.0734 e. The minimum atomic E-state index is -0.760. The Morgan fingerprint density at radius 2 is 2.33 bits per heavy atom. The third kappa shape index (κ3) is 2.06. The van der Waals surface area contributed by atoms with Gasteiger partial charge in [-0.2, -0.15) is 0 Å². The van der Waals surface area contributed by atoms with Crippen LogP contribution in [0.2, 0.25) is 0 Å². The zero-order valence-corrected chi connectivity index (χ0v) is 6.41. The molecule has 0 aromatic heterocycles. The summed E-state index contributed by atoms with van der Waals surface area (Å²) in [5.41, 5.74) is -0.650. The monoisotopic (exact) mass is 148 g/mol. The maximum atomic E-state index is 10.8. The quantitative estimate of drug-likeness (QED) is 0.536. The molecule has 0 saturated carbocycles. The van der Waals surface area contributed by atoms with Gasteiger partial charge in [-0.3, -0.25) is 4.21 Å². The number of rotatable bonds is 0. The summed E-state index contributed by atoms with van der Waals surface area (Å²) in [6.07, 6.45) is 1.71. The van der Waals surface area contributed by atoms with Crippen molar-refractivity contribution in [3.63, 3.8) is 0 Å². The smallest absolute Gasteiger partial charge is 0.0734 e. The van der Waals surface area contributed by atoms with Gasteiger partial charge in [0.25, 0.3) is 0 Å². The van der Waals surface area contributed by atoms with Crippen molar-refractivity contribution >= 4 is 10.8 Å². The van der Waals surface area contributed by atoms with Gasteiger partial charge < -0.3 is 5.11 Å². The first-order chi connectivity index (χ1) is 4.10. The lowest BCUT2D eigenvalue weighted by atomic mass is 10.0. The van der Waals surface area contributed by atoms with Crippen LogP contribution in [0.25, 0.3) is 0 Å². The normalized spacial score (nSPS) is 44.9. The Kier molecular flexibility index (Phi) is 1.91. The summed E-state index contributed by atoms with van der Waals surface area (Å²) < 4.78 is 10.8. The van der Waals surface area contributed by atoms with Crippen molar-refractivity contribution in [2.45, 2.75) is 25.4 Å². The van der Waals surface area contributed by atoms with Gasteiger partial charge in [-0.1, -0.05) is 0 Å². The lowest BCUT2D eigenvalue weighted by molar-refractivity contribution is 0.0712. The Balaban J connectivity index is 2.51. The summed E-state index contributed by atoms with van der Waals surface area (Å²) in [6.45, 7) is 1.75. The van der Waals surface area contributed by atoms with Crippen LogP contribution in [0.15, 0.2) is 0 Å². The molecule has 1 unspecified atom stereocenters. The summed E-state index contributed by atoms with van der Waals surface area (Å²) in [4.78, 5) is 0. The van der Waals surface area contributed by atoms with Crippen LogP contribution >= 0.6 is 0 Å². The van der Waals surface area contributed by atoms with E-state index < -0.39 is 16.4 Å². The third-order valence-corrected chi connectivity index (χ3v) is 3.25. The molecular weight excluding hydrogens is 136 g/mol. The summed E-state index contributed by atoms with van der Waals surface area (Å²) in [5, 5.41) is 9.35. The van der Waals surface area contributed by atoms with E-state index in [9.17, 15) is 9.32 Å². The van der Waals surface area contributed by atoms with Gasteiger partial charge in [0.05, 0.1) is 11.4 Å². The molecule has 0 radical (unpaired) electrons. The fourth-order valence-corrected chi connectivity index (χ4v) is 2.55. The highest BCUT2D eigenvalue weighted by Gasteiger charge is 2.27. The molecule has 3 heteroatoms. The standard InChI is InChI=1S/C6H12O2S/c1-6(7)3-2-4-9(8)5-6/h7H,2-5H2,1H3/t6-,9?/m1/s1. The van der Waals surface area contributed by atoms with Gasteiger partial charge in [0.1, 0.15) is 0 Å². The van der Waals surface area contributed by atoms with E-state index in [1.807, 2.05) is 0 Å². The molecule has 2 atom stereocenters. The van der Waals surface area contributed by atoms with E-state index in [1.54, 1.807) is 6.92 Å². The van der Waals surface area contributed by atoms with E-state index in [-0.39, 0.29) is 0 Å². The van der Waals surface area contributed by atoms with Gasteiger partial charge in [0, 0.05) is 16.6 Å². The number of hydrogen-bond acceptors (Lipinski definition) is 2. The van der Waals surface area contributed by atoms with Crippen molar-refractivity contribution in [3.05, 3.63) is 0 Å². The molecule has 0 bridgehead atoms. The van der Waals surface area contributed by atoms with Crippen LogP contribution in [0.3, 0.4) is 0 Å². The molecule has 0 aliphatic carbocycles. The second-order valence-corrected chi connectivity index (χ2v) is 4.47. The molecule has 1 heterocycles. The van der Waals surface area contributed by atoms with Gasteiger partial charge in [-0.15, -0.1) is 0 Å². The zero-order chi connectivity index (χ0) is 6.91. The predicted octanol–water partition coefficient (Wildman–Crippen LogP) is 0.280. The van der Waals surface area contributed by atoms with E-state index in [0.29, 0.717) is 5.75 Å². The van der Waals surface area contributed by atoms with Crippen molar-refractivity contribution in [1.29, 1.82) is 0 Å². The van der Waals surface area contributed by atoms with Crippen LogP contribution in [-0.2, 0) is 10.8 Å². The minimum absolute atomic E-state index is 0.465. The molecule has 2 nitrogen and oxygen atoms in total. The van der Waals surface area contributed by atoms with Crippen LogP contribution in [0, 0.1) is 0 Å². The first-order valence-electron chi connectivity index (χ1n) is 3.17. The largest absolute Gasteiger partial charge is 0.389 e. The Morgan fingerprint density at radius 1 is 1.67 bits per heavy atom. The summed E-state index contributed by atoms with van der Waals surface area (Å²) >= 11 is 0. The fraction of sp³-hybridized carbons (Fsp3) is 1.00. The predicted molar refractivity (Wildman–Crippen MR) is 37.7 cm³/mol. The van der Waals surface area contributed by atoms with Crippen LogP contribution in [0.5, 0.6) is 0 Å². The highest BCUT2D eigenvalue weighted by Crippen LogP contribution is 2.19. The van der Waals surface area contributed by atoms with Crippen molar-refractivity contribution in [1.82, 2.24) is 0 Å². The first kappa shape index (κ1) is 7.22. The summed E-state index contributed by atoms with van der Waals surface area (Å²) in [5.74, 6) is 1.24. The van der Waals surface area contributed by atoms with Crippen LogP contribution < -0.4 is 0 Å². The Morgan fingerprint density at radius 3 is 2.67 bits per heavy atom. The molecule has 0 spiro atoms. The fourth-order valence-electron chi connectivity index (χ4n) is 1.11. The molecule has 9 heavy (non-hydrogen) atoms. The second kappa shape index (κ2) is 2.39. The van der Waals surface area contributed by atoms with Gasteiger partial charge >= 0.3 is 0 Å². The zero-order valence-electron chi connectivity index (χ0n) is 5.59. The van der Waals surface area contributed by atoms with Gasteiger partial charge in [-0.05, 0) is 19.8 Å². The van der Waals surface area contributed by atoms with Crippen LogP contribution in [0.4, 0.5) is 0 Å². The topological polar surface area (TPSA) is 37.3 Å². The molecule has 1 aliphatic heterocycles. The molecule has 0 aromatic carbocycles. The second-order valence-electron chi connectivity index (χ2n) is 2.89. The maximum absolute atomic E-state index is 10.8.